The van der Waals surface area contributed by atoms with Gasteiger partial charge >= 0.3 is 0 Å². The molecule has 2 atom stereocenters. The standard InChI is InChI=1S/C20H28N2O4/c1-14(23)5-7-17(21-2)11-15-9-10-22(20(15)24)13-16-6-8-18(25-3)12-19(16)26-4/h5-8,12,15,17,21H,9-11,13H2,1-4H3/b7-5+/t15-,17+/m0/s1. The molecule has 0 unspecified atom stereocenters. The summed E-state index contributed by atoms with van der Waals surface area (Å²) in [5.41, 5.74) is 0.962. The maximum Gasteiger partial charge on any atom is 0.226 e. The molecule has 0 bridgehead atoms. The number of benzene rings is 1. The molecule has 2 rings (SSSR count). The highest BCUT2D eigenvalue weighted by molar-refractivity contribution is 5.87. The van der Waals surface area contributed by atoms with Gasteiger partial charge in [-0.1, -0.05) is 6.08 Å². The normalized spacial score (nSPS) is 18.4. The number of ether oxygens (including phenoxy) is 2. The Bertz CT molecular complexity index is 672. The lowest BCUT2D eigenvalue weighted by Crippen LogP contribution is -2.31. The lowest BCUT2D eigenvalue weighted by atomic mass is 9.98. The van der Waals surface area contributed by atoms with E-state index in [4.69, 9.17) is 9.47 Å². The molecule has 0 aliphatic carbocycles. The van der Waals surface area contributed by atoms with Crippen molar-refractivity contribution < 1.29 is 19.1 Å². The van der Waals surface area contributed by atoms with Crippen molar-refractivity contribution in [3.05, 3.63) is 35.9 Å². The first kappa shape index (κ1) is 20.0. The summed E-state index contributed by atoms with van der Waals surface area (Å²) in [6.07, 6.45) is 4.91. The van der Waals surface area contributed by atoms with E-state index >= 15 is 0 Å². The van der Waals surface area contributed by atoms with E-state index in [-0.39, 0.29) is 23.7 Å². The molecule has 142 valence electrons. The largest absolute Gasteiger partial charge is 0.497 e. The lowest BCUT2D eigenvalue weighted by Gasteiger charge is -2.20. The zero-order valence-corrected chi connectivity index (χ0v) is 16.0. The molecule has 1 aromatic rings. The maximum atomic E-state index is 12.8. The molecular weight excluding hydrogens is 332 g/mol. The van der Waals surface area contributed by atoms with Crippen molar-refractivity contribution in [2.75, 3.05) is 27.8 Å². The highest BCUT2D eigenvalue weighted by Gasteiger charge is 2.33. The average Bonchev–Trinajstić information content (AvgIpc) is 2.98. The Balaban J connectivity index is 2.01. The van der Waals surface area contributed by atoms with Gasteiger partial charge in [0.15, 0.2) is 5.78 Å². The van der Waals surface area contributed by atoms with Crippen LogP contribution in [0.4, 0.5) is 0 Å². The summed E-state index contributed by atoms with van der Waals surface area (Å²) in [5, 5.41) is 3.16. The number of amides is 1. The topological polar surface area (TPSA) is 67.9 Å². The van der Waals surface area contributed by atoms with Crippen molar-refractivity contribution in [1.29, 1.82) is 0 Å². The first-order valence-electron chi connectivity index (χ1n) is 8.84. The van der Waals surface area contributed by atoms with E-state index in [1.54, 1.807) is 20.3 Å². The molecule has 1 fully saturated rings. The number of hydrogen-bond acceptors (Lipinski definition) is 5. The van der Waals surface area contributed by atoms with Crippen LogP contribution in [0.2, 0.25) is 0 Å². The summed E-state index contributed by atoms with van der Waals surface area (Å²) in [4.78, 5) is 25.8. The molecule has 1 amide bonds. The van der Waals surface area contributed by atoms with Crippen LogP contribution in [-0.2, 0) is 16.1 Å². The number of nitrogens with zero attached hydrogens (tertiary/aromatic N) is 1. The van der Waals surface area contributed by atoms with Gasteiger partial charge in [-0.3, -0.25) is 9.59 Å². The van der Waals surface area contributed by atoms with Gasteiger partial charge in [0, 0.05) is 36.7 Å². The van der Waals surface area contributed by atoms with E-state index in [2.05, 4.69) is 5.32 Å². The molecule has 0 spiro atoms. The van der Waals surface area contributed by atoms with Crippen molar-refractivity contribution in [2.24, 2.45) is 5.92 Å². The molecule has 1 aromatic carbocycles. The Morgan fingerprint density at radius 3 is 2.77 bits per heavy atom. The van der Waals surface area contributed by atoms with E-state index in [1.807, 2.05) is 36.2 Å². The molecule has 1 N–H and O–H groups in total. The van der Waals surface area contributed by atoms with E-state index in [9.17, 15) is 9.59 Å². The number of ketones is 1. The molecule has 6 nitrogen and oxygen atoms in total. The smallest absolute Gasteiger partial charge is 0.226 e. The predicted molar refractivity (Wildman–Crippen MR) is 100 cm³/mol. The van der Waals surface area contributed by atoms with Gasteiger partial charge in [-0.25, -0.2) is 0 Å². The van der Waals surface area contributed by atoms with Crippen LogP contribution in [0.3, 0.4) is 0 Å². The van der Waals surface area contributed by atoms with Crippen molar-refractivity contribution in [1.82, 2.24) is 10.2 Å². The van der Waals surface area contributed by atoms with Gasteiger partial charge in [-0.2, -0.15) is 0 Å². The SMILES string of the molecule is CN[C@H](/C=C/C(C)=O)C[C@@H]1CCN(Cc2ccc(OC)cc2OC)C1=O. The Morgan fingerprint density at radius 2 is 2.15 bits per heavy atom. The van der Waals surface area contributed by atoms with Crippen LogP contribution in [-0.4, -0.2) is 50.4 Å². The molecule has 6 heteroatoms. The minimum atomic E-state index is -0.0340. The number of carbonyl (C=O) groups excluding carboxylic acids is 2. The van der Waals surface area contributed by atoms with E-state index in [0.717, 1.165) is 30.0 Å². The Morgan fingerprint density at radius 1 is 1.38 bits per heavy atom. The second kappa shape index (κ2) is 9.38. The third kappa shape index (κ3) is 5.08. The van der Waals surface area contributed by atoms with E-state index in [0.29, 0.717) is 13.0 Å². The molecule has 1 saturated heterocycles. The molecular formula is C20H28N2O4. The minimum absolute atomic E-state index is 0.0104. The Labute approximate surface area is 155 Å². The van der Waals surface area contributed by atoms with Crippen LogP contribution >= 0.6 is 0 Å². The fraction of sp³-hybridized carbons (Fsp3) is 0.500. The molecule has 1 aliphatic rings. The van der Waals surface area contributed by atoms with Gasteiger partial charge < -0.3 is 19.7 Å². The average molecular weight is 360 g/mol. The zero-order chi connectivity index (χ0) is 19.1. The van der Waals surface area contributed by atoms with Crippen LogP contribution < -0.4 is 14.8 Å². The summed E-state index contributed by atoms with van der Waals surface area (Å²) in [7, 11) is 5.07. The summed E-state index contributed by atoms with van der Waals surface area (Å²) < 4.78 is 10.6. The second-order valence-corrected chi connectivity index (χ2v) is 6.52. The van der Waals surface area contributed by atoms with Crippen molar-refractivity contribution >= 4 is 11.7 Å². The van der Waals surface area contributed by atoms with Crippen LogP contribution in [0.15, 0.2) is 30.4 Å². The van der Waals surface area contributed by atoms with E-state index in [1.165, 1.54) is 6.92 Å². The van der Waals surface area contributed by atoms with E-state index < -0.39 is 0 Å². The number of likely N-dealkylation sites (N-methyl/N-ethyl adjacent to an activating group) is 1. The zero-order valence-electron chi connectivity index (χ0n) is 16.0. The van der Waals surface area contributed by atoms with Gasteiger partial charge in [0.05, 0.1) is 14.2 Å². The number of nitrogens with one attached hydrogen (secondary N) is 1. The maximum absolute atomic E-state index is 12.8. The number of hydrogen-bond donors (Lipinski definition) is 1. The molecule has 1 heterocycles. The monoisotopic (exact) mass is 360 g/mol. The number of likely N-dealkylation sites (tertiary alicyclic amines) is 1. The van der Waals surface area contributed by atoms with Crippen molar-refractivity contribution in [3.8, 4) is 11.5 Å². The predicted octanol–water partition coefficient (Wildman–Crippen LogP) is 2.18. The van der Waals surface area contributed by atoms with Crippen molar-refractivity contribution in [2.45, 2.75) is 32.4 Å². The lowest BCUT2D eigenvalue weighted by molar-refractivity contribution is -0.131. The highest BCUT2D eigenvalue weighted by atomic mass is 16.5. The molecule has 0 saturated carbocycles. The van der Waals surface area contributed by atoms with Crippen LogP contribution in [0.25, 0.3) is 0 Å². The van der Waals surface area contributed by atoms with Gasteiger partial charge in [0.2, 0.25) is 5.91 Å². The van der Waals surface area contributed by atoms with Crippen molar-refractivity contribution in [3.63, 3.8) is 0 Å². The molecule has 1 aliphatic heterocycles. The number of methoxy groups -OCH3 is 2. The summed E-state index contributed by atoms with van der Waals surface area (Å²) in [6.45, 7) is 2.77. The highest BCUT2D eigenvalue weighted by Crippen LogP contribution is 2.29. The summed E-state index contributed by atoms with van der Waals surface area (Å²) >= 11 is 0. The first-order valence-corrected chi connectivity index (χ1v) is 8.84. The van der Waals surface area contributed by atoms with Gasteiger partial charge in [-0.15, -0.1) is 0 Å². The fourth-order valence-corrected chi connectivity index (χ4v) is 3.22. The van der Waals surface area contributed by atoms with Gasteiger partial charge in [0.25, 0.3) is 0 Å². The second-order valence-electron chi connectivity index (χ2n) is 6.52. The number of rotatable bonds is 9. The first-order chi connectivity index (χ1) is 12.5. The van der Waals surface area contributed by atoms with Crippen LogP contribution in [0.5, 0.6) is 11.5 Å². The van der Waals surface area contributed by atoms with Crippen LogP contribution in [0.1, 0.15) is 25.3 Å². The minimum Gasteiger partial charge on any atom is -0.497 e. The Kier molecular flexibility index (Phi) is 7.21. The molecule has 0 radical (unpaired) electrons. The number of carbonyl (C=O) groups is 2. The summed E-state index contributed by atoms with van der Waals surface area (Å²) in [5.74, 6) is 1.58. The van der Waals surface area contributed by atoms with Crippen LogP contribution in [0, 0.1) is 5.92 Å². The third-order valence-electron chi connectivity index (χ3n) is 4.74. The fourth-order valence-electron chi connectivity index (χ4n) is 3.22. The third-order valence-corrected chi connectivity index (χ3v) is 4.74. The van der Waals surface area contributed by atoms with Gasteiger partial charge in [0.1, 0.15) is 11.5 Å². The summed E-state index contributed by atoms with van der Waals surface area (Å²) in [6, 6.07) is 5.66. The quantitative estimate of drug-likeness (QED) is 0.684. The molecule has 0 aromatic heterocycles. The number of allylic oxidation sites excluding steroid dienone is 1. The Hall–Kier alpha value is -2.34. The van der Waals surface area contributed by atoms with Gasteiger partial charge in [-0.05, 0) is 45.0 Å². The molecule has 26 heavy (non-hydrogen) atoms.